The van der Waals surface area contributed by atoms with Crippen molar-refractivity contribution >= 4 is 11.7 Å². The number of aliphatic hydroxyl groups is 1. The van der Waals surface area contributed by atoms with Crippen LogP contribution in [0.4, 0.5) is 0 Å². The molecule has 0 saturated heterocycles. The molecule has 0 saturated carbocycles. The molecule has 0 spiro atoms. The van der Waals surface area contributed by atoms with E-state index in [4.69, 9.17) is 10.8 Å². The minimum atomic E-state index is -0.684. The van der Waals surface area contributed by atoms with Crippen LogP contribution >= 0.6 is 0 Å². The van der Waals surface area contributed by atoms with Crippen molar-refractivity contribution in [2.45, 2.75) is 90.4 Å². The van der Waals surface area contributed by atoms with E-state index in [1.54, 1.807) is 0 Å². The highest BCUT2D eigenvalue weighted by Gasteiger charge is 2.17. The van der Waals surface area contributed by atoms with E-state index in [-0.39, 0.29) is 18.8 Å². The van der Waals surface area contributed by atoms with Gasteiger partial charge in [-0.25, -0.2) is 0 Å². The van der Waals surface area contributed by atoms with E-state index in [1.807, 2.05) is 6.08 Å². The number of carbonyl (C=O) groups excluding carboxylic acids is 2. The van der Waals surface area contributed by atoms with Crippen molar-refractivity contribution in [1.29, 1.82) is 0 Å². The Balaban J connectivity index is 3.48. The molecule has 3 N–H and O–H groups in total. The van der Waals surface area contributed by atoms with Crippen molar-refractivity contribution in [2.24, 2.45) is 11.7 Å². The third-order valence-corrected chi connectivity index (χ3v) is 4.33. The predicted molar refractivity (Wildman–Crippen MR) is 99.6 cm³/mol. The second-order valence-corrected chi connectivity index (χ2v) is 6.68. The van der Waals surface area contributed by atoms with Crippen molar-refractivity contribution in [3.05, 3.63) is 12.2 Å². The van der Waals surface area contributed by atoms with Gasteiger partial charge >= 0.3 is 0 Å². The Morgan fingerprint density at radius 2 is 1.42 bits per heavy atom. The quantitative estimate of drug-likeness (QED) is 0.306. The van der Waals surface area contributed by atoms with Gasteiger partial charge in [0.1, 0.15) is 0 Å². The number of amides is 1. The highest BCUT2D eigenvalue weighted by Crippen LogP contribution is 2.12. The first-order chi connectivity index (χ1) is 11.6. The summed E-state index contributed by atoms with van der Waals surface area (Å²) in [6.07, 6.45) is 18.5. The first-order valence-electron chi connectivity index (χ1n) is 9.71. The Bertz CT molecular complexity index is 353. The average molecular weight is 340 g/mol. The van der Waals surface area contributed by atoms with Crippen LogP contribution in [0.2, 0.25) is 0 Å². The lowest BCUT2D eigenvalue weighted by atomic mass is 10.00. The number of carbonyl (C=O) groups is 2. The van der Waals surface area contributed by atoms with E-state index in [9.17, 15) is 9.59 Å². The van der Waals surface area contributed by atoms with Crippen molar-refractivity contribution in [1.82, 2.24) is 0 Å². The zero-order valence-corrected chi connectivity index (χ0v) is 15.5. The third-order valence-electron chi connectivity index (χ3n) is 4.33. The molecule has 0 fully saturated rings. The van der Waals surface area contributed by atoms with Crippen LogP contribution in [0.3, 0.4) is 0 Å². The molecular weight excluding hydrogens is 302 g/mol. The fourth-order valence-corrected chi connectivity index (χ4v) is 2.76. The summed E-state index contributed by atoms with van der Waals surface area (Å²) in [6.45, 7) is 1.92. The van der Waals surface area contributed by atoms with Gasteiger partial charge in [-0.2, -0.15) is 0 Å². The summed E-state index contributed by atoms with van der Waals surface area (Å²) in [6, 6.07) is 0. The summed E-state index contributed by atoms with van der Waals surface area (Å²) in [5, 5.41) is 9.09. The van der Waals surface area contributed by atoms with Crippen molar-refractivity contribution in [3.8, 4) is 0 Å². The standard InChI is InChI=1S/C20H37NO3/c1-2-3-4-5-6-7-8-9-10-11-12-13-14-15-19(23)18(17-22)16-20(21)24/h14-15,18,22H,2-13,16-17H2,1H3,(H2,21,24). The maximum Gasteiger partial charge on any atom is 0.218 e. The molecule has 1 unspecified atom stereocenters. The van der Waals surface area contributed by atoms with Gasteiger partial charge in [-0.1, -0.05) is 77.2 Å². The van der Waals surface area contributed by atoms with Gasteiger partial charge in [-0.15, -0.1) is 0 Å². The molecule has 0 aliphatic rings. The van der Waals surface area contributed by atoms with E-state index in [0.29, 0.717) is 0 Å². The molecule has 0 bridgehead atoms. The van der Waals surface area contributed by atoms with Gasteiger partial charge in [0, 0.05) is 6.42 Å². The fourth-order valence-electron chi connectivity index (χ4n) is 2.76. The number of aliphatic hydroxyl groups excluding tert-OH is 1. The molecule has 0 aromatic carbocycles. The lowest BCUT2D eigenvalue weighted by Crippen LogP contribution is -2.24. The Morgan fingerprint density at radius 1 is 0.917 bits per heavy atom. The second kappa shape index (κ2) is 16.7. The van der Waals surface area contributed by atoms with Crippen molar-refractivity contribution in [2.75, 3.05) is 6.61 Å². The summed E-state index contributed by atoms with van der Waals surface area (Å²) in [5.74, 6) is -1.45. The Morgan fingerprint density at radius 3 is 1.88 bits per heavy atom. The summed E-state index contributed by atoms with van der Waals surface area (Å²) in [7, 11) is 0. The zero-order valence-electron chi connectivity index (χ0n) is 15.5. The fraction of sp³-hybridized carbons (Fsp3) is 0.800. The number of hydrogen-bond acceptors (Lipinski definition) is 3. The lowest BCUT2D eigenvalue weighted by molar-refractivity contribution is -0.125. The van der Waals surface area contributed by atoms with E-state index < -0.39 is 11.8 Å². The third kappa shape index (κ3) is 14.4. The second-order valence-electron chi connectivity index (χ2n) is 6.68. The van der Waals surface area contributed by atoms with Gasteiger partial charge in [0.05, 0.1) is 12.5 Å². The van der Waals surface area contributed by atoms with E-state index in [0.717, 1.165) is 12.8 Å². The molecule has 1 atom stereocenters. The maximum absolute atomic E-state index is 11.8. The lowest BCUT2D eigenvalue weighted by Gasteiger charge is -2.07. The predicted octanol–water partition coefficient (Wildman–Crippen LogP) is 4.30. The maximum atomic E-state index is 11.8. The van der Waals surface area contributed by atoms with Gasteiger partial charge in [-0.05, 0) is 18.9 Å². The van der Waals surface area contributed by atoms with Crippen LogP contribution in [-0.4, -0.2) is 23.4 Å². The van der Waals surface area contributed by atoms with Gasteiger partial charge in [0.2, 0.25) is 5.91 Å². The van der Waals surface area contributed by atoms with Crippen LogP contribution in [0.5, 0.6) is 0 Å². The SMILES string of the molecule is CCCCCCCCCCCCCC=CC(=O)C(CO)CC(N)=O. The topological polar surface area (TPSA) is 80.4 Å². The molecule has 0 aliphatic heterocycles. The van der Waals surface area contributed by atoms with Gasteiger partial charge in [0.15, 0.2) is 5.78 Å². The molecule has 140 valence electrons. The Labute approximate surface area is 147 Å². The molecule has 0 aromatic heterocycles. The smallest absolute Gasteiger partial charge is 0.218 e. The Hall–Kier alpha value is -1.16. The van der Waals surface area contributed by atoms with E-state index in [2.05, 4.69) is 6.92 Å². The van der Waals surface area contributed by atoms with Crippen molar-refractivity contribution in [3.63, 3.8) is 0 Å². The normalized spacial score (nSPS) is 12.6. The summed E-state index contributed by atoms with van der Waals surface area (Å²) >= 11 is 0. The molecule has 0 heterocycles. The van der Waals surface area contributed by atoms with Gasteiger partial charge in [0.25, 0.3) is 0 Å². The number of hydrogen-bond donors (Lipinski definition) is 2. The van der Waals surface area contributed by atoms with Crippen LogP contribution in [-0.2, 0) is 9.59 Å². The average Bonchev–Trinajstić information content (AvgIpc) is 2.56. The van der Waals surface area contributed by atoms with Crippen LogP contribution in [0.1, 0.15) is 90.4 Å². The molecule has 0 aliphatic carbocycles. The zero-order chi connectivity index (χ0) is 18.0. The number of nitrogens with two attached hydrogens (primary N) is 1. The van der Waals surface area contributed by atoms with E-state index >= 15 is 0 Å². The van der Waals surface area contributed by atoms with Gasteiger partial charge in [-0.3, -0.25) is 9.59 Å². The molecule has 4 heteroatoms. The first-order valence-corrected chi connectivity index (χ1v) is 9.71. The van der Waals surface area contributed by atoms with Crippen molar-refractivity contribution < 1.29 is 14.7 Å². The summed E-state index contributed by atoms with van der Waals surface area (Å²) in [5.41, 5.74) is 5.05. The largest absolute Gasteiger partial charge is 0.396 e. The number of allylic oxidation sites excluding steroid dienone is 2. The highest BCUT2D eigenvalue weighted by molar-refractivity contribution is 5.94. The molecule has 0 rings (SSSR count). The molecule has 0 radical (unpaired) electrons. The van der Waals surface area contributed by atoms with Crippen LogP contribution in [0.25, 0.3) is 0 Å². The number of ketones is 1. The monoisotopic (exact) mass is 339 g/mol. The molecular formula is C20H37NO3. The molecule has 1 amide bonds. The molecule has 4 nitrogen and oxygen atoms in total. The molecule has 0 aromatic rings. The summed E-state index contributed by atoms with van der Waals surface area (Å²) < 4.78 is 0. The minimum Gasteiger partial charge on any atom is -0.396 e. The number of rotatable bonds is 17. The minimum absolute atomic E-state index is 0.0852. The molecule has 24 heavy (non-hydrogen) atoms. The van der Waals surface area contributed by atoms with E-state index in [1.165, 1.54) is 70.3 Å². The highest BCUT2D eigenvalue weighted by atomic mass is 16.3. The van der Waals surface area contributed by atoms with Crippen LogP contribution in [0.15, 0.2) is 12.2 Å². The van der Waals surface area contributed by atoms with Crippen LogP contribution < -0.4 is 5.73 Å². The van der Waals surface area contributed by atoms with Gasteiger partial charge < -0.3 is 10.8 Å². The number of unbranched alkanes of at least 4 members (excludes halogenated alkanes) is 11. The first kappa shape index (κ1) is 22.8. The summed E-state index contributed by atoms with van der Waals surface area (Å²) in [4.78, 5) is 22.6. The Kier molecular flexibility index (Phi) is 15.9. The van der Waals surface area contributed by atoms with Crippen LogP contribution in [0, 0.1) is 5.92 Å². The number of primary amides is 1.